The van der Waals surface area contributed by atoms with Gasteiger partial charge < -0.3 is 19.9 Å². The van der Waals surface area contributed by atoms with Crippen LogP contribution in [0.25, 0.3) is 10.6 Å². The highest BCUT2D eigenvalue weighted by atomic mass is 32.1. The highest BCUT2D eigenvalue weighted by Gasteiger charge is 2.28. The Labute approximate surface area is 270 Å². The van der Waals surface area contributed by atoms with Gasteiger partial charge in [-0.2, -0.15) is 0 Å². The van der Waals surface area contributed by atoms with E-state index in [0.717, 1.165) is 26.7 Å². The van der Waals surface area contributed by atoms with Gasteiger partial charge in [0.1, 0.15) is 10.6 Å². The number of carbonyl (C=O) groups excluding carboxylic acids is 3. The molecule has 0 spiro atoms. The number of carbonyl (C=O) groups is 3. The molecule has 0 saturated heterocycles. The van der Waals surface area contributed by atoms with Crippen molar-refractivity contribution in [2.75, 3.05) is 38.1 Å². The van der Waals surface area contributed by atoms with Crippen LogP contribution in [0.15, 0.2) is 48.7 Å². The van der Waals surface area contributed by atoms with Gasteiger partial charge in [-0.3, -0.25) is 14.6 Å². The highest BCUT2D eigenvalue weighted by molar-refractivity contribution is 7.14. The van der Waals surface area contributed by atoms with Gasteiger partial charge in [0.15, 0.2) is 0 Å². The number of nitrogens with one attached hydrogen (secondary N) is 1. The van der Waals surface area contributed by atoms with Crippen molar-refractivity contribution in [3.8, 4) is 10.6 Å². The normalized spacial score (nSPS) is 13.0. The molecule has 0 saturated carbocycles. The van der Waals surface area contributed by atoms with Crippen molar-refractivity contribution in [3.63, 3.8) is 0 Å². The molecule has 10 nitrogen and oxygen atoms in total. The third-order valence-corrected chi connectivity index (χ3v) is 8.58. The molecule has 0 unspecified atom stereocenters. The Hall–Kier alpha value is -3.96. The number of amides is 3. The fraction of sp³-hybridized carbons (Fsp3) is 0.471. The number of likely N-dealkylation sites (N-methyl/N-ethyl adjacent to an activating group) is 1. The quantitative estimate of drug-likeness (QED) is 0.302. The summed E-state index contributed by atoms with van der Waals surface area (Å²) in [6.45, 7) is 15.1. The Morgan fingerprint density at radius 2 is 1.71 bits per heavy atom. The summed E-state index contributed by atoms with van der Waals surface area (Å²) in [5.74, 6) is -0.372. The predicted octanol–water partition coefficient (Wildman–Crippen LogP) is 5.38. The molecule has 3 amide bonds. The Morgan fingerprint density at radius 1 is 1.04 bits per heavy atom. The van der Waals surface area contributed by atoms with Gasteiger partial charge in [0.2, 0.25) is 5.91 Å². The summed E-state index contributed by atoms with van der Waals surface area (Å²) in [5.41, 5.74) is 4.46. The number of ether oxygens (including phenoxy) is 1. The average molecular weight is 635 g/mol. The van der Waals surface area contributed by atoms with Gasteiger partial charge in [-0.15, -0.1) is 11.3 Å². The molecule has 1 N–H and O–H groups in total. The molecule has 1 aromatic heterocycles. The maximum atomic E-state index is 13.7. The molecule has 45 heavy (non-hydrogen) atoms. The van der Waals surface area contributed by atoms with Crippen LogP contribution in [-0.4, -0.2) is 82.7 Å². The van der Waals surface area contributed by atoms with E-state index in [1.165, 1.54) is 11.1 Å². The van der Waals surface area contributed by atoms with Crippen molar-refractivity contribution in [2.24, 2.45) is 0 Å². The first-order valence-corrected chi connectivity index (χ1v) is 16.2. The van der Waals surface area contributed by atoms with E-state index < -0.39 is 11.7 Å². The van der Waals surface area contributed by atoms with E-state index in [-0.39, 0.29) is 37.5 Å². The third-order valence-electron chi connectivity index (χ3n) is 7.61. The number of fused-ring (bicyclic) bond motifs is 1. The first kappa shape index (κ1) is 33.9. The van der Waals surface area contributed by atoms with Crippen molar-refractivity contribution in [1.82, 2.24) is 25.2 Å². The van der Waals surface area contributed by atoms with E-state index in [1.807, 2.05) is 94.9 Å². The minimum absolute atomic E-state index is 0.00792. The lowest BCUT2D eigenvalue weighted by Crippen LogP contribution is -2.49. The molecule has 2 heterocycles. The van der Waals surface area contributed by atoms with Crippen molar-refractivity contribution in [2.45, 2.75) is 73.2 Å². The van der Waals surface area contributed by atoms with Crippen LogP contribution < -0.4 is 10.2 Å². The fourth-order valence-electron chi connectivity index (χ4n) is 5.17. The van der Waals surface area contributed by atoms with Gasteiger partial charge in [-0.05, 0) is 71.2 Å². The second-order valence-electron chi connectivity index (χ2n) is 12.8. The number of aromatic nitrogens is 1. The van der Waals surface area contributed by atoms with Gasteiger partial charge in [0, 0.05) is 61.6 Å². The summed E-state index contributed by atoms with van der Waals surface area (Å²) < 4.78 is 5.55. The lowest BCUT2D eigenvalue weighted by Gasteiger charge is -2.32. The van der Waals surface area contributed by atoms with Gasteiger partial charge in [0.05, 0.1) is 13.1 Å². The Bertz CT molecular complexity index is 1490. The molecule has 4 rings (SSSR count). The smallest absolute Gasteiger partial charge is 0.410 e. The van der Waals surface area contributed by atoms with Crippen molar-refractivity contribution < 1.29 is 19.1 Å². The molecule has 0 radical (unpaired) electrons. The summed E-state index contributed by atoms with van der Waals surface area (Å²) in [5, 5.41) is 7.51. The molecule has 1 aliphatic heterocycles. The first-order valence-electron chi connectivity index (χ1n) is 15.3. The number of hydrogen-bond acceptors (Lipinski definition) is 8. The largest absolute Gasteiger partial charge is 0.444 e. The molecule has 3 aromatic rings. The molecule has 0 atom stereocenters. The minimum Gasteiger partial charge on any atom is -0.444 e. The SMILES string of the molecule is Cc1cnc(-c2ccc(C)c(N(CC(=O)NCCN(C(=O)OC(C)(C)C)C(C)C)CC(=O)N(C)N3Cc4ccccc4C3)c2)s1. The molecule has 0 bridgehead atoms. The highest BCUT2D eigenvalue weighted by Crippen LogP contribution is 2.31. The van der Waals surface area contributed by atoms with Crippen molar-refractivity contribution >= 4 is 34.9 Å². The van der Waals surface area contributed by atoms with Crippen LogP contribution in [0.1, 0.15) is 56.2 Å². The predicted molar refractivity (Wildman–Crippen MR) is 179 cm³/mol. The van der Waals surface area contributed by atoms with Gasteiger partial charge in [-0.25, -0.2) is 14.8 Å². The monoisotopic (exact) mass is 634 g/mol. The van der Waals surface area contributed by atoms with E-state index >= 15 is 0 Å². The van der Waals surface area contributed by atoms with E-state index in [9.17, 15) is 14.4 Å². The van der Waals surface area contributed by atoms with Crippen molar-refractivity contribution in [1.29, 1.82) is 0 Å². The number of rotatable bonds is 11. The van der Waals surface area contributed by atoms with E-state index in [4.69, 9.17) is 4.74 Å². The van der Waals surface area contributed by atoms with E-state index in [1.54, 1.807) is 28.3 Å². The number of nitrogens with zero attached hydrogens (tertiary/aromatic N) is 5. The van der Waals surface area contributed by atoms with Crippen LogP contribution in [0.5, 0.6) is 0 Å². The number of thiazole rings is 1. The van der Waals surface area contributed by atoms with Crippen LogP contribution in [-0.2, 0) is 27.4 Å². The zero-order chi connectivity index (χ0) is 32.9. The van der Waals surface area contributed by atoms with E-state index in [2.05, 4.69) is 22.4 Å². The number of hydrazine groups is 1. The van der Waals surface area contributed by atoms with Crippen LogP contribution in [0.2, 0.25) is 0 Å². The molecule has 0 fully saturated rings. The van der Waals surface area contributed by atoms with Gasteiger partial charge in [0.25, 0.3) is 5.91 Å². The average Bonchev–Trinajstić information content (AvgIpc) is 3.60. The summed E-state index contributed by atoms with van der Waals surface area (Å²) >= 11 is 1.60. The fourth-order valence-corrected chi connectivity index (χ4v) is 5.93. The second kappa shape index (κ2) is 14.4. The first-order chi connectivity index (χ1) is 21.2. The molecular weight excluding hydrogens is 588 g/mol. The molecule has 0 aliphatic carbocycles. The van der Waals surface area contributed by atoms with Crippen molar-refractivity contribution in [3.05, 3.63) is 70.2 Å². The second-order valence-corrected chi connectivity index (χ2v) is 14.0. The number of hydrogen-bond donors (Lipinski definition) is 1. The topological polar surface area (TPSA) is 98.3 Å². The third kappa shape index (κ3) is 9.04. The van der Waals surface area contributed by atoms with Gasteiger partial charge >= 0.3 is 6.09 Å². The van der Waals surface area contributed by atoms with Gasteiger partial charge in [-0.1, -0.05) is 36.4 Å². The summed E-state index contributed by atoms with van der Waals surface area (Å²) in [7, 11) is 1.78. The minimum atomic E-state index is -0.616. The zero-order valence-corrected chi connectivity index (χ0v) is 28.5. The van der Waals surface area contributed by atoms with Crippen LogP contribution in [0.4, 0.5) is 10.5 Å². The standard InChI is InChI=1S/C34H46N6O4S/c1-23(2)40(33(43)44-34(5,6)7)16-15-35-30(41)21-38(29-17-26(14-13-24(29)3)32-36-18-25(4)45-32)22-31(42)37(8)39-19-27-11-9-10-12-28(27)20-39/h9-14,17-18,23H,15-16,19-22H2,1-8H3,(H,35,41). The summed E-state index contributed by atoms with van der Waals surface area (Å²) in [6, 6.07) is 14.1. The molecular formula is C34H46N6O4S. The molecule has 1 aliphatic rings. The molecule has 2 aromatic carbocycles. The number of aryl methyl sites for hydroxylation is 2. The zero-order valence-electron chi connectivity index (χ0n) is 27.7. The number of benzene rings is 2. The lowest BCUT2D eigenvalue weighted by atomic mass is 10.1. The summed E-state index contributed by atoms with van der Waals surface area (Å²) in [6.07, 6.45) is 1.42. The molecule has 11 heteroatoms. The Morgan fingerprint density at radius 3 is 2.29 bits per heavy atom. The Balaban J connectivity index is 1.49. The lowest BCUT2D eigenvalue weighted by molar-refractivity contribution is -0.145. The van der Waals surface area contributed by atoms with Crippen LogP contribution in [0, 0.1) is 13.8 Å². The van der Waals surface area contributed by atoms with Crippen LogP contribution in [0.3, 0.4) is 0 Å². The Kier molecular flexibility index (Phi) is 10.9. The van der Waals surface area contributed by atoms with Crippen LogP contribution >= 0.6 is 11.3 Å². The maximum Gasteiger partial charge on any atom is 0.410 e. The summed E-state index contributed by atoms with van der Waals surface area (Å²) in [4.78, 5) is 48.9. The van der Waals surface area contributed by atoms with E-state index in [0.29, 0.717) is 19.6 Å². The number of anilines is 1. The maximum absolute atomic E-state index is 13.7. The molecule has 242 valence electrons.